The Kier molecular flexibility index (Phi) is 4.29. The van der Waals surface area contributed by atoms with Crippen molar-refractivity contribution in [3.8, 4) is 0 Å². The topological polar surface area (TPSA) is 32.3 Å². The molecule has 1 aliphatic carbocycles. The third kappa shape index (κ3) is 3.38. The fourth-order valence-corrected chi connectivity index (χ4v) is 2.19. The molecular weight excluding hydrogens is 217 g/mol. The van der Waals surface area contributed by atoms with Gasteiger partial charge in [-0.25, -0.2) is 4.39 Å². The molecule has 0 aliphatic heterocycles. The van der Waals surface area contributed by atoms with Crippen molar-refractivity contribution >= 4 is 0 Å². The van der Waals surface area contributed by atoms with Crippen molar-refractivity contribution < 1.29 is 9.50 Å². The molecule has 0 heterocycles. The molecule has 2 N–H and O–H groups in total. The number of hydrogen-bond acceptors (Lipinski definition) is 2. The van der Waals surface area contributed by atoms with Gasteiger partial charge in [0.2, 0.25) is 0 Å². The summed E-state index contributed by atoms with van der Waals surface area (Å²) in [6.07, 6.45) is 7.65. The van der Waals surface area contributed by atoms with Gasteiger partial charge in [0.25, 0.3) is 0 Å². The normalized spacial score (nSPS) is 21.4. The molecule has 2 nitrogen and oxygen atoms in total. The van der Waals surface area contributed by atoms with Crippen molar-refractivity contribution in [2.75, 3.05) is 6.61 Å². The zero-order chi connectivity index (χ0) is 12.1. The van der Waals surface area contributed by atoms with Gasteiger partial charge in [-0.1, -0.05) is 24.3 Å². The average molecular weight is 235 g/mol. The van der Waals surface area contributed by atoms with Crippen LogP contribution >= 0.6 is 0 Å². The van der Waals surface area contributed by atoms with Gasteiger partial charge < -0.3 is 10.4 Å². The lowest BCUT2D eigenvalue weighted by atomic mass is 10.00. The van der Waals surface area contributed by atoms with Gasteiger partial charge in [-0.15, -0.1) is 0 Å². The molecule has 0 unspecified atom stereocenters. The van der Waals surface area contributed by atoms with E-state index in [9.17, 15) is 9.50 Å². The van der Waals surface area contributed by atoms with Crippen LogP contribution in [0, 0.1) is 5.82 Å². The van der Waals surface area contributed by atoms with Crippen LogP contribution in [0.5, 0.6) is 0 Å². The maximum Gasteiger partial charge on any atom is 0.123 e. The Morgan fingerprint density at radius 1 is 1.47 bits per heavy atom. The number of halogens is 1. The molecule has 0 radical (unpaired) electrons. The minimum absolute atomic E-state index is 0.0200. The van der Waals surface area contributed by atoms with Gasteiger partial charge in [0.1, 0.15) is 5.82 Å². The average Bonchev–Trinajstić information content (AvgIpc) is 2.37. The van der Waals surface area contributed by atoms with Crippen LogP contribution in [0.3, 0.4) is 0 Å². The molecule has 0 fully saturated rings. The summed E-state index contributed by atoms with van der Waals surface area (Å²) in [5.41, 5.74) is 0.798. The minimum atomic E-state index is -0.262. The third-order valence-corrected chi connectivity index (χ3v) is 3.10. The zero-order valence-corrected chi connectivity index (χ0v) is 9.77. The van der Waals surface area contributed by atoms with Gasteiger partial charge in [0.15, 0.2) is 0 Å². The van der Waals surface area contributed by atoms with Crippen molar-refractivity contribution in [3.05, 3.63) is 47.8 Å². The van der Waals surface area contributed by atoms with Crippen LogP contribution in [-0.2, 0) is 0 Å². The van der Waals surface area contributed by atoms with E-state index in [1.54, 1.807) is 6.07 Å². The second kappa shape index (κ2) is 5.94. The molecule has 3 heteroatoms. The standard InChI is InChI=1S/C14H18FNO/c15-12-6-4-5-11(9-12)14(10-17)16-13-7-2-1-3-8-13/h2,4-7,9,13-14,16-17H,1,3,8,10H2/t13-,14-/m0/s1. The van der Waals surface area contributed by atoms with Crippen molar-refractivity contribution in [2.24, 2.45) is 0 Å². The lowest BCUT2D eigenvalue weighted by Gasteiger charge is -2.24. The summed E-state index contributed by atoms with van der Waals surface area (Å²) in [5, 5.41) is 12.7. The van der Waals surface area contributed by atoms with E-state index in [0.717, 1.165) is 24.8 Å². The third-order valence-electron chi connectivity index (χ3n) is 3.10. The van der Waals surface area contributed by atoms with E-state index in [4.69, 9.17) is 0 Å². The molecule has 2 atom stereocenters. The minimum Gasteiger partial charge on any atom is -0.394 e. The van der Waals surface area contributed by atoms with E-state index in [0.29, 0.717) is 0 Å². The van der Waals surface area contributed by atoms with E-state index in [-0.39, 0.29) is 24.5 Å². The van der Waals surface area contributed by atoms with Crippen molar-refractivity contribution in [1.82, 2.24) is 5.32 Å². The number of nitrogens with one attached hydrogen (secondary N) is 1. The lowest BCUT2D eigenvalue weighted by molar-refractivity contribution is 0.235. The predicted molar refractivity (Wildman–Crippen MR) is 66.1 cm³/mol. The van der Waals surface area contributed by atoms with Crippen molar-refractivity contribution in [1.29, 1.82) is 0 Å². The second-order valence-electron chi connectivity index (χ2n) is 4.42. The number of aliphatic hydroxyl groups is 1. The van der Waals surface area contributed by atoms with Crippen LogP contribution in [0.1, 0.15) is 30.9 Å². The Labute approximate surface area is 101 Å². The van der Waals surface area contributed by atoms with Crippen molar-refractivity contribution in [2.45, 2.75) is 31.3 Å². The van der Waals surface area contributed by atoms with Gasteiger partial charge in [-0.3, -0.25) is 0 Å². The Balaban J connectivity index is 2.05. The quantitative estimate of drug-likeness (QED) is 0.786. The highest BCUT2D eigenvalue weighted by Gasteiger charge is 2.16. The van der Waals surface area contributed by atoms with Gasteiger partial charge in [0.05, 0.1) is 12.6 Å². The molecule has 92 valence electrons. The fraction of sp³-hybridized carbons (Fsp3) is 0.429. The smallest absolute Gasteiger partial charge is 0.123 e. The molecule has 0 aromatic heterocycles. The molecule has 0 bridgehead atoms. The molecule has 0 saturated carbocycles. The number of rotatable bonds is 4. The summed E-state index contributed by atoms with van der Waals surface area (Å²) in [4.78, 5) is 0. The first-order valence-electron chi connectivity index (χ1n) is 6.08. The SMILES string of the molecule is OC[C@H](N[C@H]1C=CCCC1)c1cccc(F)c1. The summed E-state index contributed by atoms with van der Waals surface area (Å²) in [6, 6.07) is 6.48. The molecule has 1 aromatic carbocycles. The number of aliphatic hydroxyl groups excluding tert-OH is 1. The Morgan fingerprint density at radius 3 is 3.00 bits per heavy atom. The van der Waals surface area contributed by atoms with E-state index in [2.05, 4.69) is 17.5 Å². The van der Waals surface area contributed by atoms with E-state index >= 15 is 0 Å². The van der Waals surface area contributed by atoms with Crippen LogP contribution in [-0.4, -0.2) is 17.8 Å². The second-order valence-corrected chi connectivity index (χ2v) is 4.42. The molecule has 0 saturated heterocycles. The fourth-order valence-electron chi connectivity index (χ4n) is 2.19. The monoisotopic (exact) mass is 235 g/mol. The zero-order valence-electron chi connectivity index (χ0n) is 9.77. The molecule has 1 aromatic rings. The van der Waals surface area contributed by atoms with Crippen LogP contribution in [0.15, 0.2) is 36.4 Å². The van der Waals surface area contributed by atoms with Gasteiger partial charge >= 0.3 is 0 Å². The number of hydrogen-bond donors (Lipinski definition) is 2. The van der Waals surface area contributed by atoms with Crippen LogP contribution in [0.2, 0.25) is 0 Å². The Hall–Kier alpha value is -1.19. The number of allylic oxidation sites excluding steroid dienone is 1. The first kappa shape index (κ1) is 12.3. The van der Waals surface area contributed by atoms with E-state index in [1.807, 2.05) is 6.07 Å². The van der Waals surface area contributed by atoms with Crippen molar-refractivity contribution in [3.63, 3.8) is 0 Å². The van der Waals surface area contributed by atoms with Crippen LogP contribution in [0.25, 0.3) is 0 Å². The summed E-state index contributed by atoms with van der Waals surface area (Å²) in [5.74, 6) is -0.262. The first-order valence-corrected chi connectivity index (χ1v) is 6.08. The molecule has 1 aliphatic rings. The van der Waals surface area contributed by atoms with Crippen LogP contribution < -0.4 is 5.32 Å². The highest BCUT2D eigenvalue weighted by atomic mass is 19.1. The summed E-state index contributed by atoms with van der Waals surface area (Å²) in [6.45, 7) is -0.0200. The molecule has 2 rings (SSSR count). The highest BCUT2D eigenvalue weighted by Crippen LogP contribution is 2.18. The summed E-state index contributed by atoms with van der Waals surface area (Å²) < 4.78 is 13.1. The molecule has 0 amide bonds. The lowest BCUT2D eigenvalue weighted by Crippen LogP contribution is -2.34. The molecule has 17 heavy (non-hydrogen) atoms. The number of benzene rings is 1. The maximum atomic E-state index is 13.1. The predicted octanol–water partition coefficient (Wildman–Crippen LogP) is 2.56. The van der Waals surface area contributed by atoms with E-state index < -0.39 is 0 Å². The van der Waals surface area contributed by atoms with E-state index in [1.165, 1.54) is 12.1 Å². The molecular formula is C14H18FNO. The highest BCUT2D eigenvalue weighted by molar-refractivity contribution is 5.21. The maximum absolute atomic E-state index is 13.1. The van der Waals surface area contributed by atoms with Crippen LogP contribution in [0.4, 0.5) is 4.39 Å². The summed E-state index contributed by atoms with van der Waals surface area (Å²) >= 11 is 0. The Morgan fingerprint density at radius 2 is 2.35 bits per heavy atom. The Bertz CT molecular complexity index is 392. The van der Waals surface area contributed by atoms with Gasteiger partial charge in [0, 0.05) is 6.04 Å². The molecule has 0 spiro atoms. The largest absolute Gasteiger partial charge is 0.394 e. The first-order chi connectivity index (χ1) is 8.29. The van der Waals surface area contributed by atoms with Gasteiger partial charge in [-0.2, -0.15) is 0 Å². The van der Waals surface area contributed by atoms with Gasteiger partial charge in [-0.05, 0) is 37.0 Å². The summed E-state index contributed by atoms with van der Waals surface area (Å²) in [7, 11) is 0.